The van der Waals surface area contributed by atoms with Crippen LogP contribution in [-0.4, -0.2) is 29.2 Å². The highest BCUT2D eigenvalue weighted by Gasteiger charge is 2.39. The predicted octanol–water partition coefficient (Wildman–Crippen LogP) is 1.88. The number of amides is 1. The first-order chi connectivity index (χ1) is 11.6. The number of carbonyl (C=O) groups excluding carboxylic acids is 3. The van der Waals surface area contributed by atoms with Crippen LogP contribution in [0, 0.1) is 0 Å². The summed E-state index contributed by atoms with van der Waals surface area (Å²) in [6.45, 7) is 6.88. The van der Waals surface area contributed by atoms with Gasteiger partial charge in [-0.05, 0) is 44.0 Å². The van der Waals surface area contributed by atoms with Gasteiger partial charge in [-0.2, -0.15) is 0 Å². The van der Waals surface area contributed by atoms with Gasteiger partial charge in [0.2, 0.25) is 0 Å². The van der Waals surface area contributed by atoms with Crippen molar-refractivity contribution in [2.75, 3.05) is 5.32 Å². The summed E-state index contributed by atoms with van der Waals surface area (Å²) in [7, 11) is 0. The van der Waals surface area contributed by atoms with Gasteiger partial charge in [0.1, 0.15) is 0 Å². The number of fused-ring (bicyclic) bond motifs is 1. The van der Waals surface area contributed by atoms with E-state index in [2.05, 4.69) is 10.6 Å². The molecule has 3 rings (SSSR count). The number of anilines is 1. The molecule has 1 saturated heterocycles. The number of carbonyl (C=O) groups is 3. The van der Waals surface area contributed by atoms with E-state index < -0.39 is 17.7 Å². The fourth-order valence-electron chi connectivity index (χ4n) is 2.88. The maximum Gasteiger partial charge on any atom is 0.350 e. The van der Waals surface area contributed by atoms with Crippen molar-refractivity contribution < 1.29 is 23.9 Å². The summed E-state index contributed by atoms with van der Waals surface area (Å²) in [6, 6.07) is 5.24. The molecule has 2 heterocycles. The zero-order chi connectivity index (χ0) is 18.4. The molecule has 2 N–H and O–H groups in total. The molecule has 0 spiro atoms. The molecule has 25 heavy (non-hydrogen) atoms. The van der Waals surface area contributed by atoms with Gasteiger partial charge in [-0.15, -0.1) is 0 Å². The second-order valence-electron chi connectivity index (χ2n) is 7.27. The van der Waals surface area contributed by atoms with E-state index in [9.17, 15) is 14.4 Å². The first kappa shape index (κ1) is 17.0. The molecule has 2 aliphatic heterocycles. The first-order valence-corrected chi connectivity index (χ1v) is 7.95. The Morgan fingerprint density at radius 1 is 1.08 bits per heavy atom. The van der Waals surface area contributed by atoms with E-state index in [1.54, 1.807) is 12.1 Å². The average molecular weight is 344 g/mol. The molecule has 7 nitrogen and oxygen atoms in total. The third-order valence-electron chi connectivity index (χ3n) is 3.93. The molecule has 0 saturated carbocycles. The number of nitrogens with one attached hydrogen (secondary N) is 2. The van der Waals surface area contributed by atoms with Gasteiger partial charge in [-0.3, -0.25) is 4.79 Å². The van der Waals surface area contributed by atoms with Crippen LogP contribution < -0.4 is 10.6 Å². The summed E-state index contributed by atoms with van der Waals surface area (Å²) in [4.78, 5) is 35.9. The molecule has 0 bridgehead atoms. The van der Waals surface area contributed by atoms with E-state index in [1.807, 2.05) is 19.9 Å². The second kappa shape index (κ2) is 5.61. The van der Waals surface area contributed by atoms with E-state index in [-0.39, 0.29) is 17.0 Å². The Morgan fingerprint density at radius 2 is 1.72 bits per heavy atom. The maximum absolute atomic E-state index is 12.1. The third kappa shape index (κ3) is 3.50. The highest BCUT2D eigenvalue weighted by atomic mass is 16.7. The van der Waals surface area contributed by atoms with Crippen LogP contribution in [-0.2, 0) is 25.5 Å². The molecule has 1 aromatic rings. The molecular formula is C18H20N2O5. The molecule has 1 aromatic carbocycles. The van der Waals surface area contributed by atoms with Crippen LogP contribution in [0.1, 0.15) is 43.6 Å². The van der Waals surface area contributed by atoms with Crippen molar-refractivity contribution in [1.29, 1.82) is 0 Å². The predicted molar refractivity (Wildman–Crippen MR) is 89.7 cm³/mol. The molecule has 132 valence electrons. The Labute approximate surface area is 145 Å². The Kier molecular flexibility index (Phi) is 3.82. The lowest BCUT2D eigenvalue weighted by Crippen LogP contribution is -2.49. The maximum atomic E-state index is 12.1. The van der Waals surface area contributed by atoms with E-state index in [1.165, 1.54) is 20.0 Å². The van der Waals surface area contributed by atoms with Crippen molar-refractivity contribution in [3.8, 4) is 0 Å². The zero-order valence-electron chi connectivity index (χ0n) is 14.6. The van der Waals surface area contributed by atoms with E-state index in [0.29, 0.717) is 17.7 Å². The van der Waals surface area contributed by atoms with Crippen LogP contribution in [0.15, 0.2) is 30.0 Å². The quantitative estimate of drug-likeness (QED) is 0.483. The van der Waals surface area contributed by atoms with Gasteiger partial charge in [0.15, 0.2) is 5.57 Å². The number of ether oxygens (including phenoxy) is 2. The lowest BCUT2D eigenvalue weighted by molar-refractivity contribution is -0.222. The van der Waals surface area contributed by atoms with Crippen LogP contribution in [0.2, 0.25) is 0 Å². The topological polar surface area (TPSA) is 93.7 Å². The molecule has 1 amide bonds. The number of cyclic esters (lactones) is 2. The Morgan fingerprint density at radius 3 is 2.36 bits per heavy atom. The van der Waals surface area contributed by atoms with Crippen molar-refractivity contribution >= 4 is 23.5 Å². The van der Waals surface area contributed by atoms with E-state index in [4.69, 9.17) is 9.47 Å². The van der Waals surface area contributed by atoms with Gasteiger partial charge in [0, 0.05) is 36.8 Å². The van der Waals surface area contributed by atoms with Crippen molar-refractivity contribution in [3.63, 3.8) is 0 Å². The minimum absolute atomic E-state index is 0.113. The summed E-state index contributed by atoms with van der Waals surface area (Å²) >= 11 is 0. The summed E-state index contributed by atoms with van der Waals surface area (Å²) in [6.07, 6.45) is 1.94. The van der Waals surface area contributed by atoms with Crippen molar-refractivity contribution in [3.05, 3.63) is 41.1 Å². The number of rotatable bonds is 2. The van der Waals surface area contributed by atoms with Crippen LogP contribution in [0.25, 0.3) is 0 Å². The highest BCUT2D eigenvalue weighted by molar-refractivity contribution is 6.15. The number of esters is 2. The molecule has 1 fully saturated rings. The Balaban J connectivity index is 1.82. The number of benzene rings is 1. The molecule has 0 aromatic heterocycles. The molecule has 2 aliphatic rings. The van der Waals surface area contributed by atoms with Gasteiger partial charge in [0.25, 0.3) is 11.7 Å². The monoisotopic (exact) mass is 344 g/mol. The fraction of sp³-hybridized carbons (Fsp3) is 0.389. The van der Waals surface area contributed by atoms with Gasteiger partial charge in [-0.25, -0.2) is 9.59 Å². The summed E-state index contributed by atoms with van der Waals surface area (Å²) in [5, 5.41) is 5.84. The van der Waals surface area contributed by atoms with E-state index in [0.717, 1.165) is 5.56 Å². The lowest BCUT2D eigenvalue weighted by atomic mass is 9.87. The summed E-state index contributed by atoms with van der Waals surface area (Å²) in [5.74, 6) is -2.87. The van der Waals surface area contributed by atoms with Gasteiger partial charge < -0.3 is 20.1 Å². The third-order valence-corrected chi connectivity index (χ3v) is 3.93. The second-order valence-corrected chi connectivity index (χ2v) is 7.27. The standard InChI is InChI=1S/C18H20N2O5/c1-17(2)8-10-7-11(5-6-12(10)14(21)20-17)19-9-13-15(22)24-18(3,4)25-16(13)23/h5-7,9,19H,8H2,1-4H3,(H,20,21). The van der Waals surface area contributed by atoms with Crippen molar-refractivity contribution in [1.82, 2.24) is 5.32 Å². The number of hydrogen-bond donors (Lipinski definition) is 2. The average Bonchev–Trinajstić information content (AvgIpc) is 2.43. The highest BCUT2D eigenvalue weighted by Crippen LogP contribution is 2.26. The zero-order valence-corrected chi connectivity index (χ0v) is 14.6. The SMILES string of the molecule is CC1(C)Cc2cc(NC=C3C(=O)OC(C)(C)OC3=O)ccc2C(=O)N1. The van der Waals surface area contributed by atoms with Crippen LogP contribution in [0.5, 0.6) is 0 Å². The fourth-order valence-corrected chi connectivity index (χ4v) is 2.88. The summed E-state index contributed by atoms with van der Waals surface area (Å²) < 4.78 is 10.1. The molecule has 0 atom stereocenters. The number of hydrogen-bond acceptors (Lipinski definition) is 6. The minimum Gasteiger partial charge on any atom is -0.419 e. The molecule has 0 unspecified atom stereocenters. The van der Waals surface area contributed by atoms with Gasteiger partial charge in [0.05, 0.1) is 0 Å². The molecular weight excluding hydrogens is 324 g/mol. The Bertz CT molecular complexity index is 786. The summed E-state index contributed by atoms with van der Waals surface area (Å²) in [5.41, 5.74) is 1.63. The van der Waals surface area contributed by atoms with Crippen LogP contribution in [0.4, 0.5) is 5.69 Å². The normalized spacial score (nSPS) is 20.8. The van der Waals surface area contributed by atoms with Gasteiger partial charge >= 0.3 is 11.9 Å². The Hall–Kier alpha value is -2.83. The molecule has 7 heteroatoms. The largest absolute Gasteiger partial charge is 0.419 e. The van der Waals surface area contributed by atoms with Gasteiger partial charge in [-0.1, -0.05) is 0 Å². The van der Waals surface area contributed by atoms with Crippen molar-refractivity contribution in [2.45, 2.75) is 45.4 Å². The van der Waals surface area contributed by atoms with Crippen molar-refractivity contribution in [2.24, 2.45) is 0 Å². The lowest BCUT2D eigenvalue weighted by Gasteiger charge is -2.32. The minimum atomic E-state index is -1.27. The van der Waals surface area contributed by atoms with Crippen LogP contribution >= 0.6 is 0 Å². The van der Waals surface area contributed by atoms with E-state index >= 15 is 0 Å². The van der Waals surface area contributed by atoms with Crippen LogP contribution in [0.3, 0.4) is 0 Å². The molecule has 0 radical (unpaired) electrons. The smallest absolute Gasteiger partial charge is 0.350 e. The first-order valence-electron chi connectivity index (χ1n) is 7.95. The molecule has 0 aliphatic carbocycles.